The fourth-order valence-corrected chi connectivity index (χ4v) is 3.02. The van der Waals surface area contributed by atoms with Crippen LogP contribution in [0.3, 0.4) is 0 Å². The topological polar surface area (TPSA) is 12.0 Å². The van der Waals surface area contributed by atoms with Gasteiger partial charge in [-0.1, -0.05) is 24.3 Å². The molecule has 1 aliphatic carbocycles. The Morgan fingerprint density at radius 3 is 2.85 bits per heavy atom. The highest BCUT2D eigenvalue weighted by Crippen LogP contribution is 2.36. The van der Waals surface area contributed by atoms with Crippen LogP contribution in [0.1, 0.15) is 17.2 Å². The number of hydrogen-bond acceptors (Lipinski definition) is 2. The van der Waals surface area contributed by atoms with Crippen molar-refractivity contribution in [2.45, 2.75) is 17.7 Å². The van der Waals surface area contributed by atoms with Crippen molar-refractivity contribution in [3.8, 4) is 0 Å². The van der Waals surface area contributed by atoms with Crippen molar-refractivity contribution in [1.29, 1.82) is 0 Å². The van der Waals surface area contributed by atoms with Gasteiger partial charge in [0, 0.05) is 11.3 Å². The Morgan fingerprint density at radius 1 is 1.38 bits per heavy atom. The van der Waals surface area contributed by atoms with Gasteiger partial charge in [-0.25, -0.2) is 0 Å². The smallest absolute Gasteiger partial charge is 0.0444 e. The van der Waals surface area contributed by atoms with Gasteiger partial charge in [0.1, 0.15) is 0 Å². The second-order valence-electron chi connectivity index (χ2n) is 3.44. The van der Waals surface area contributed by atoms with Gasteiger partial charge in [-0.2, -0.15) is 11.8 Å². The first-order chi connectivity index (χ1) is 6.36. The van der Waals surface area contributed by atoms with Gasteiger partial charge in [0.2, 0.25) is 0 Å². The minimum absolute atomic E-state index is 0.547. The standard InChI is InChI=1S/C11H15NS/c1-12-11-9-6-4-3-5-8(9)7-10(11)13-2/h3-6,10-12H,7H2,1-2H3. The lowest BCUT2D eigenvalue weighted by Crippen LogP contribution is -2.23. The van der Waals surface area contributed by atoms with Gasteiger partial charge in [0.25, 0.3) is 0 Å². The SMILES string of the molecule is CNC1c2ccccc2CC1SC. The monoisotopic (exact) mass is 193 g/mol. The molecule has 2 heteroatoms. The van der Waals surface area contributed by atoms with Gasteiger partial charge in [0.05, 0.1) is 0 Å². The molecule has 0 fully saturated rings. The second kappa shape index (κ2) is 3.72. The summed E-state index contributed by atoms with van der Waals surface area (Å²) in [6.45, 7) is 0. The van der Waals surface area contributed by atoms with Crippen LogP contribution in [0.25, 0.3) is 0 Å². The van der Waals surface area contributed by atoms with Crippen molar-refractivity contribution in [3.63, 3.8) is 0 Å². The molecule has 13 heavy (non-hydrogen) atoms. The van der Waals surface area contributed by atoms with E-state index in [-0.39, 0.29) is 0 Å². The van der Waals surface area contributed by atoms with Crippen LogP contribution < -0.4 is 5.32 Å². The zero-order chi connectivity index (χ0) is 9.26. The quantitative estimate of drug-likeness (QED) is 0.773. The van der Waals surface area contributed by atoms with Crippen molar-refractivity contribution in [3.05, 3.63) is 35.4 Å². The molecule has 1 aliphatic rings. The number of rotatable bonds is 2. The molecule has 2 unspecified atom stereocenters. The number of benzene rings is 1. The molecule has 0 amide bonds. The third kappa shape index (κ3) is 1.49. The maximum atomic E-state index is 3.40. The predicted molar refractivity (Wildman–Crippen MR) is 59.2 cm³/mol. The summed E-state index contributed by atoms with van der Waals surface area (Å²) in [6.07, 6.45) is 3.41. The summed E-state index contributed by atoms with van der Waals surface area (Å²) in [6, 6.07) is 9.30. The molecule has 0 heterocycles. The molecule has 0 saturated heterocycles. The van der Waals surface area contributed by atoms with Gasteiger partial charge in [-0.05, 0) is 30.9 Å². The molecule has 0 aliphatic heterocycles. The summed E-state index contributed by atoms with van der Waals surface area (Å²) in [7, 11) is 2.05. The molecule has 0 bridgehead atoms. The summed E-state index contributed by atoms with van der Waals surface area (Å²) in [4.78, 5) is 0. The molecule has 1 aromatic rings. The van der Waals surface area contributed by atoms with Crippen LogP contribution in [-0.2, 0) is 6.42 Å². The van der Waals surface area contributed by atoms with Crippen LogP contribution in [-0.4, -0.2) is 18.6 Å². The zero-order valence-corrected chi connectivity index (χ0v) is 8.90. The Labute approximate surface area is 83.9 Å². The molecule has 2 atom stereocenters. The van der Waals surface area contributed by atoms with Gasteiger partial charge in [-0.3, -0.25) is 0 Å². The molecule has 0 saturated carbocycles. The van der Waals surface area contributed by atoms with E-state index in [0.717, 1.165) is 0 Å². The Morgan fingerprint density at radius 2 is 2.15 bits per heavy atom. The van der Waals surface area contributed by atoms with Crippen LogP contribution in [0, 0.1) is 0 Å². The Hall–Kier alpha value is -0.470. The van der Waals surface area contributed by atoms with Crippen LogP contribution in [0.4, 0.5) is 0 Å². The van der Waals surface area contributed by atoms with Crippen molar-refractivity contribution in [2.75, 3.05) is 13.3 Å². The first kappa shape index (κ1) is 9.10. The fourth-order valence-electron chi connectivity index (χ4n) is 2.12. The summed E-state index contributed by atoms with van der Waals surface area (Å²) < 4.78 is 0. The predicted octanol–water partition coefficient (Wildman–Crippen LogP) is 2.23. The van der Waals surface area contributed by atoms with E-state index in [1.807, 2.05) is 11.8 Å². The highest BCUT2D eigenvalue weighted by molar-refractivity contribution is 7.99. The molecule has 1 N–H and O–H groups in total. The summed E-state index contributed by atoms with van der Waals surface area (Å²) in [5.74, 6) is 0. The number of nitrogens with one attached hydrogen (secondary N) is 1. The fraction of sp³-hybridized carbons (Fsp3) is 0.455. The highest BCUT2D eigenvalue weighted by atomic mass is 32.2. The van der Waals surface area contributed by atoms with Crippen LogP contribution in [0.2, 0.25) is 0 Å². The normalized spacial score (nSPS) is 26.0. The van der Waals surface area contributed by atoms with E-state index < -0.39 is 0 Å². The van der Waals surface area contributed by atoms with Crippen molar-refractivity contribution in [2.24, 2.45) is 0 Å². The lowest BCUT2D eigenvalue weighted by Gasteiger charge is -2.17. The Bertz CT molecular complexity index is 298. The van der Waals surface area contributed by atoms with Gasteiger partial charge < -0.3 is 5.32 Å². The van der Waals surface area contributed by atoms with Crippen molar-refractivity contribution >= 4 is 11.8 Å². The molecule has 1 nitrogen and oxygen atoms in total. The van der Waals surface area contributed by atoms with Crippen LogP contribution in [0.5, 0.6) is 0 Å². The first-order valence-electron chi connectivity index (χ1n) is 4.64. The maximum absolute atomic E-state index is 3.40. The molecular formula is C11H15NS. The van der Waals surface area contributed by atoms with Crippen LogP contribution in [0.15, 0.2) is 24.3 Å². The van der Waals surface area contributed by atoms with Crippen molar-refractivity contribution < 1.29 is 0 Å². The minimum atomic E-state index is 0.547. The molecule has 0 spiro atoms. The van der Waals surface area contributed by atoms with E-state index in [1.54, 1.807) is 0 Å². The lowest BCUT2D eigenvalue weighted by atomic mass is 10.1. The number of thioether (sulfide) groups is 1. The Balaban J connectivity index is 2.34. The molecule has 70 valence electrons. The summed E-state index contributed by atoms with van der Waals surface area (Å²) in [5, 5.41) is 4.11. The largest absolute Gasteiger partial charge is 0.312 e. The van der Waals surface area contributed by atoms with E-state index in [1.165, 1.54) is 17.5 Å². The molecule has 1 aromatic carbocycles. The van der Waals surface area contributed by atoms with Gasteiger partial charge >= 0.3 is 0 Å². The average Bonchev–Trinajstić information content (AvgIpc) is 2.55. The number of fused-ring (bicyclic) bond motifs is 1. The van der Waals surface area contributed by atoms with Crippen LogP contribution >= 0.6 is 11.8 Å². The highest BCUT2D eigenvalue weighted by Gasteiger charge is 2.29. The first-order valence-corrected chi connectivity index (χ1v) is 5.93. The summed E-state index contributed by atoms with van der Waals surface area (Å²) >= 11 is 1.96. The van der Waals surface area contributed by atoms with E-state index in [9.17, 15) is 0 Å². The average molecular weight is 193 g/mol. The zero-order valence-electron chi connectivity index (χ0n) is 8.08. The van der Waals surface area contributed by atoms with E-state index in [4.69, 9.17) is 0 Å². The van der Waals surface area contributed by atoms with E-state index >= 15 is 0 Å². The maximum Gasteiger partial charge on any atom is 0.0444 e. The summed E-state index contributed by atoms with van der Waals surface area (Å²) in [5.41, 5.74) is 3.01. The molecule has 2 rings (SSSR count). The molecule has 0 aromatic heterocycles. The Kier molecular flexibility index (Phi) is 2.61. The van der Waals surface area contributed by atoms with Gasteiger partial charge in [-0.15, -0.1) is 0 Å². The third-order valence-electron chi connectivity index (χ3n) is 2.80. The second-order valence-corrected chi connectivity index (χ2v) is 4.52. The molecular weight excluding hydrogens is 178 g/mol. The lowest BCUT2D eigenvalue weighted by molar-refractivity contribution is 0.604. The third-order valence-corrected chi connectivity index (χ3v) is 3.84. The van der Waals surface area contributed by atoms with Crippen molar-refractivity contribution in [1.82, 2.24) is 5.32 Å². The van der Waals surface area contributed by atoms with Gasteiger partial charge in [0.15, 0.2) is 0 Å². The number of hydrogen-bond donors (Lipinski definition) is 1. The molecule has 0 radical (unpaired) electrons. The minimum Gasteiger partial charge on any atom is -0.312 e. The van der Waals surface area contributed by atoms with E-state index in [2.05, 4.69) is 42.9 Å². The van der Waals surface area contributed by atoms with E-state index in [0.29, 0.717) is 11.3 Å².